The Labute approximate surface area is 80.0 Å². The Hall–Kier alpha value is -2.10. The zero-order valence-electron chi connectivity index (χ0n) is 7.19. The molecule has 1 N–H and O–H groups in total. The Morgan fingerprint density at radius 2 is 2.07 bits per heavy atom. The van der Waals surface area contributed by atoms with E-state index in [2.05, 4.69) is 15.6 Å². The molecule has 0 atom stereocenters. The third-order valence-electron chi connectivity index (χ3n) is 2.15. The standard InChI is InChI=1S/C10H6N3O/c14-10-12-8-5-6-3-1-2-4-7(6)11-9(8)13-10/h1-5H,(H,11,13,14). The highest BCUT2D eigenvalue weighted by Crippen LogP contribution is 2.28. The summed E-state index contributed by atoms with van der Waals surface area (Å²) in [6, 6.07) is 9.20. The first-order chi connectivity index (χ1) is 6.83. The number of carbonyl (C=O) groups is 1. The summed E-state index contributed by atoms with van der Waals surface area (Å²) in [6.45, 7) is 0. The number of fused-ring (bicyclic) bond motifs is 2. The van der Waals surface area contributed by atoms with Crippen LogP contribution in [0.3, 0.4) is 0 Å². The first kappa shape index (κ1) is 7.32. The molecular weight excluding hydrogens is 178 g/mol. The van der Waals surface area contributed by atoms with E-state index in [1.54, 1.807) is 0 Å². The maximum absolute atomic E-state index is 11.0. The SMILES string of the molecule is O=C1[N]c2cc3ccccc3nc2N1. The highest BCUT2D eigenvalue weighted by Gasteiger charge is 2.20. The van der Waals surface area contributed by atoms with Gasteiger partial charge in [-0.25, -0.2) is 9.78 Å². The highest BCUT2D eigenvalue weighted by atomic mass is 16.2. The zero-order valence-corrected chi connectivity index (χ0v) is 7.19. The Bertz CT molecular complexity index is 489. The van der Waals surface area contributed by atoms with Gasteiger partial charge in [-0.15, -0.1) is 0 Å². The molecule has 0 fully saturated rings. The van der Waals surface area contributed by atoms with Crippen LogP contribution in [0.1, 0.15) is 0 Å². The second-order valence-electron chi connectivity index (χ2n) is 3.09. The van der Waals surface area contributed by atoms with Gasteiger partial charge < -0.3 is 0 Å². The van der Waals surface area contributed by atoms with E-state index < -0.39 is 0 Å². The molecule has 0 spiro atoms. The van der Waals surface area contributed by atoms with Crippen LogP contribution in [-0.4, -0.2) is 11.0 Å². The van der Waals surface area contributed by atoms with Crippen LogP contribution in [0, 0.1) is 0 Å². The van der Waals surface area contributed by atoms with Crippen molar-refractivity contribution in [3.05, 3.63) is 30.3 Å². The van der Waals surface area contributed by atoms with Gasteiger partial charge >= 0.3 is 6.03 Å². The summed E-state index contributed by atoms with van der Waals surface area (Å²) in [6.07, 6.45) is 0. The molecule has 0 bridgehead atoms. The minimum absolute atomic E-state index is 0.345. The van der Waals surface area contributed by atoms with Gasteiger partial charge in [0.1, 0.15) is 5.69 Å². The number of pyridine rings is 1. The lowest BCUT2D eigenvalue weighted by molar-refractivity contribution is 0.256. The third-order valence-corrected chi connectivity index (χ3v) is 2.15. The lowest BCUT2D eigenvalue weighted by atomic mass is 10.2. The van der Waals surface area contributed by atoms with E-state index in [4.69, 9.17) is 0 Å². The van der Waals surface area contributed by atoms with E-state index >= 15 is 0 Å². The number of hydrogen-bond donors (Lipinski definition) is 1. The number of anilines is 1. The second-order valence-corrected chi connectivity index (χ2v) is 3.09. The van der Waals surface area contributed by atoms with Crippen molar-refractivity contribution >= 4 is 28.4 Å². The van der Waals surface area contributed by atoms with Crippen molar-refractivity contribution in [3.8, 4) is 0 Å². The lowest BCUT2D eigenvalue weighted by Gasteiger charge is -1.98. The second kappa shape index (κ2) is 2.45. The summed E-state index contributed by atoms with van der Waals surface area (Å²) in [4.78, 5) is 15.2. The molecule has 2 heterocycles. The topological polar surface area (TPSA) is 56.1 Å². The summed E-state index contributed by atoms with van der Waals surface area (Å²) in [5.41, 5.74) is 1.48. The van der Waals surface area contributed by atoms with Crippen LogP contribution in [0.15, 0.2) is 30.3 Å². The van der Waals surface area contributed by atoms with E-state index in [1.807, 2.05) is 30.3 Å². The Kier molecular flexibility index (Phi) is 1.28. The lowest BCUT2D eigenvalue weighted by Crippen LogP contribution is -2.08. The molecule has 4 heteroatoms. The average molecular weight is 184 g/mol. The molecule has 14 heavy (non-hydrogen) atoms. The van der Waals surface area contributed by atoms with Crippen molar-refractivity contribution in [1.29, 1.82) is 0 Å². The average Bonchev–Trinajstić information content (AvgIpc) is 2.53. The van der Waals surface area contributed by atoms with E-state index in [1.165, 1.54) is 0 Å². The monoisotopic (exact) mass is 184 g/mol. The summed E-state index contributed by atoms with van der Waals surface area (Å²) in [5.74, 6) is 0.550. The number of carbonyl (C=O) groups excluding carboxylic acids is 1. The number of nitrogens with one attached hydrogen (secondary N) is 1. The molecule has 1 aromatic heterocycles. The van der Waals surface area contributed by atoms with E-state index in [0.717, 1.165) is 10.9 Å². The first-order valence-corrected chi connectivity index (χ1v) is 4.25. The van der Waals surface area contributed by atoms with Crippen LogP contribution in [0.4, 0.5) is 16.3 Å². The van der Waals surface area contributed by atoms with Gasteiger partial charge in [-0.05, 0) is 12.1 Å². The number of aromatic nitrogens is 1. The number of urea groups is 1. The summed E-state index contributed by atoms with van der Waals surface area (Å²) < 4.78 is 0. The van der Waals surface area contributed by atoms with Gasteiger partial charge in [-0.2, -0.15) is 5.32 Å². The van der Waals surface area contributed by atoms with Crippen molar-refractivity contribution in [3.63, 3.8) is 0 Å². The fourth-order valence-corrected chi connectivity index (χ4v) is 1.52. The Morgan fingerprint density at radius 3 is 3.00 bits per heavy atom. The van der Waals surface area contributed by atoms with Crippen molar-refractivity contribution < 1.29 is 4.79 Å². The third kappa shape index (κ3) is 0.939. The van der Waals surface area contributed by atoms with Crippen molar-refractivity contribution in [1.82, 2.24) is 10.3 Å². The molecule has 1 aliphatic rings. The molecule has 4 nitrogen and oxygen atoms in total. The molecule has 2 amide bonds. The van der Waals surface area contributed by atoms with Gasteiger partial charge in [0.05, 0.1) is 5.52 Å². The van der Waals surface area contributed by atoms with Crippen LogP contribution < -0.4 is 10.6 Å². The first-order valence-electron chi connectivity index (χ1n) is 4.25. The molecule has 3 rings (SSSR count). The van der Waals surface area contributed by atoms with Gasteiger partial charge in [0, 0.05) is 5.39 Å². The summed E-state index contributed by atoms with van der Waals surface area (Å²) >= 11 is 0. The number of nitrogens with zero attached hydrogens (tertiary/aromatic N) is 2. The number of hydrogen-bond acceptors (Lipinski definition) is 2. The zero-order chi connectivity index (χ0) is 9.54. The van der Waals surface area contributed by atoms with Gasteiger partial charge in [0.2, 0.25) is 0 Å². The Morgan fingerprint density at radius 1 is 1.21 bits per heavy atom. The quantitative estimate of drug-likeness (QED) is 0.680. The molecule has 0 unspecified atom stereocenters. The van der Waals surface area contributed by atoms with Gasteiger partial charge in [0.15, 0.2) is 5.82 Å². The number of amides is 2. The van der Waals surface area contributed by atoms with E-state index in [-0.39, 0.29) is 6.03 Å². The van der Waals surface area contributed by atoms with Gasteiger partial charge in [-0.3, -0.25) is 5.32 Å². The highest BCUT2D eigenvalue weighted by molar-refractivity contribution is 6.03. The molecule has 0 saturated heterocycles. The number of para-hydroxylation sites is 1. The maximum atomic E-state index is 11.0. The molecular formula is C10H6N3O. The fraction of sp³-hybridized carbons (Fsp3) is 0. The summed E-state index contributed by atoms with van der Waals surface area (Å²) in [5, 5.41) is 7.35. The minimum Gasteiger partial charge on any atom is -0.289 e. The molecule has 67 valence electrons. The number of rotatable bonds is 0. The maximum Gasteiger partial charge on any atom is 0.347 e. The van der Waals surface area contributed by atoms with Crippen molar-refractivity contribution in [2.24, 2.45) is 0 Å². The predicted octanol–water partition coefficient (Wildman–Crippen LogP) is 2.02. The molecule has 2 aromatic rings. The van der Waals surface area contributed by atoms with Crippen LogP contribution in [0.5, 0.6) is 0 Å². The molecule has 1 aromatic carbocycles. The molecule has 0 aliphatic carbocycles. The van der Waals surface area contributed by atoms with Crippen LogP contribution >= 0.6 is 0 Å². The molecule has 1 aliphatic heterocycles. The molecule has 1 radical (unpaired) electrons. The van der Waals surface area contributed by atoms with Gasteiger partial charge in [0.25, 0.3) is 0 Å². The van der Waals surface area contributed by atoms with Crippen LogP contribution in [0.25, 0.3) is 10.9 Å². The van der Waals surface area contributed by atoms with Crippen LogP contribution in [0.2, 0.25) is 0 Å². The van der Waals surface area contributed by atoms with E-state index in [9.17, 15) is 4.79 Å². The number of benzene rings is 1. The van der Waals surface area contributed by atoms with E-state index in [0.29, 0.717) is 11.5 Å². The normalized spacial score (nSPS) is 13.6. The minimum atomic E-state index is -0.345. The Balaban J connectivity index is 2.31. The van der Waals surface area contributed by atoms with Crippen molar-refractivity contribution in [2.75, 3.05) is 5.32 Å². The fourth-order valence-electron chi connectivity index (χ4n) is 1.52. The van der Waals surface area contributed by atoms with Crippen LogP contribution in [-0.2, 0) is 0 Å². The largest absolute Gasteiger partial charge is 0.347 e. The van der Waals surface area contributed by atoms with Gasteiger partial charge in [-0.1, -0.05) is 18.2 Å². The van der Waals surface area contributed by atoms with Crippen molar-refractivity contribution in [2.45, 2.75) is 0 Å². The predicted molar refractivity (Wildman–Crippen MR) is 52.6 cm³/mol. The summed E-state index contributed by atoms with van der Waals surface area (Å²) in [7, 11) is 0. The smallest absolute Gasteiger partial charge is 0.289 e. The molecule has 0 saturated carbocycles.